The van der Waals surface area contributed by atoms with E-state index in [0.29, 0.717) is 6.04 Å². The predicted octanol–water partition coefficient (Wildman–Crippen LogP) is 1.80. The summed E-state index contributed by atoms with van der Waals surface area (Å²) in [6, 6.07) is 2.62. The first-order valence-corrected chi connectivity index (χ1v) is 7.25. The van der Waals surface area contributed by atoms with Crippen LogP contribution in [0.25, 0.3) is 0 Å². The van der Waals surface area contributed by atoms with Crippen molar-refractivity contribution in [3.63, 3.8) is 0 Å². The fourth-order valence-corrected chi connectivity index (χ4v) is 2.72. The minimum Gasteiger partial charge on any atom is -0.370 e. The lowest BCUT2D eigenvalue weighted by atomic mass is 10.0. The number of likely N-dealkylation sites (N-methyl/N-ethyl adjacent to an activating group) is 1. The zero-order valence-corrected chi connectivity index (χ0v) is 12.2. The van der Waals surface area contributed by atoms with Gasteiger partial charge in [-0.2, -0.15) is 0 Å². The van der Waals surface area contributed by atoms with E-state index in [1.165, 1.54) is 19.3 Å². The van der Waals surface area contributed by atoms with Gasteiger partial charge in [0.25, 0.3) is 0 Å². The van der Waals surface area contributed by atoms with Crippen molar-refractivity contribution in [3.8, 4) is 0 Å². The Balaban J connectivity index is 2.22. The van der Waals surface area contributed by atoms with Crippen LogP contribution in [0.3, 0.4) is 0 Å². The summed E-state index contributed by atoms with van der Waals surface area (Å²) in [5.41, 5.74) is 0. The van der Waals surface area contributed by atoms with Crippen LogP contribution in [-0.4, -0.2) is 42.7 Å². The van der Waals surface area contributed by atoms with E-state index in [1.54, 1.807) is 0 Å². The number of aromatic nitrogens is 2. The third-order valence-corrected chi connectivity index (χ3v) is 3.54. The maximum atomic E-state index is 4.62. The van der Waals surface area contributed by atoms with E-state index in [-0.39, 0.29) is 0 Å². The lowest BCUT2D eigenvalue weighted by Crippen LogP contribution is -2.45. The van der Waals surface area contributed by atoms with Gasteiger partial charge < -0.3 is 15.5 Å². The molecule has 0 saturated carbocycles. The summed E-state index contributed by atoms with van der Waals surface area (Å²) in [5, 5.41) is 6.57. The van der Waals surface area contributed by atoms with Crippen LogP contribution in [-0.2, 0) is 0 Å². The second kappa shape index (κ2) is 6.70. The van der Waals surface area contributed by atoms with Crippen LogP contribution in [0, 0.1) is 6.92 Å². The quantitative estimate of drug-likeness (QED) is 0.848. The van der Waals surface area contributed by atoms with Crippen LogP contribution in [0.2, 0.25) is 0 Å². The van der Waals surface area contributed by atoms with Crippen LogP contribution < -0.4 is 15.5 Å². The van der Waals surface area contributed by atoms with E-state index in [4.69, 9.17) is 0 Å². The molecule has 1 aromatic heterocycles. The molecule has 0 aromatic carbocycles. The summed E-state index contributed by atoms with van der Waals surface area (Å²) in [4.78, 5) is 11.5. The molecule has 5 heteroatoms. The van der Waals surface area contributed by atoms with E-state index >= 15 is 0 Å². The number of anilines is 2. The van der Waals surface area contributed by atoms with E-state index < -0.39 is 0 Å². The van der Waals surface area contributed by atoms with E-state index in [0.717, 1.165) is 37.1 Å². The monoisotopic (exact) mass is 263 g/mol. The maximum Gasteiger partial charge on any atom is 0.134 e. The summed E-state index contributed by atoms with van der Waals surface area (Å²) >= 11 is 0. The van der Waals surface area contributed by atoms with Gasteiger partial charge in [0, 0.05) is 31.7 Å². The second-order valence-electron chi connectivity index (χ2n) is 5.09. The van der Waals surface area contributed by atoms with Gasteiger partial charge >= 0.3 is 0 Å². The molecular formula is C14H25N5. The average molecular weight is 263 g/mol. The molecule has 0 radical (unpaired) electrons. The van der Waals surface area contributed by atoms with Crippen molar-refractivity contribution in [2.75, 3.05) is 36.9 Å². The fraction of sp³-hybridized carbons (Fsp3) is 0.714. The number of hydrogen-bond acceptors (Lipinski definition) is 5. The van der Waals surface area contributed by atoms with Gasteiger partial charge in [-0.25, -0.2) is 9.97 Å². The number of aryl methyl sites for hydroxylation is 1. The Morgan fingerprint density at radius 3 is 2.95 bits per heavy atom. The smallest absolute Gasteiger partial charge is 0.134 e. The molecule has 2 N–H and O–H groups in total. The molecule has 0 bridgehead atoms. The molecule has 0 spiro atoms. The normalized spacial score (nSPS) is 19.5. The largest absolute Gasteiger partial charge is 0.370 e. The first-order chi connectivity index (χ1) is 9.24. The molecule has 0 amide bonds. The van der Waals surface area contributed by atoms with Gasteiger partial charge in [-0.15, -0.1) is 0 Å². The van der Waals surface area contributed by atoms with Crippen molar-refractivity contribution in [1.29, 1.82) is 0 Å². The minimum atomic E-state index is 0.544. The molecule has 1 aromatic rings. The molecule has 1 aliphatic rings. The number of nitrogens with one attached hydrogen (secondary N) is 2. The van der Waals surface area contributed by atoms with Crippen LogP contribution in [0.15, 0.2) is 6.07 Å². The second-order valence-corrected chi connectivity index (χ2v) is 5.09. The number of hydrogen-bond donors (Lipinski definition) is 2. The molecular weight excluding hydrogens is 238 g/mol. The van der Waals surface area contributed by atoms with Crippen molar-refractivity contribution >= 4 is 11.6 Å². The van der Waals surface area contributed by atoms with E-state index in [1.807, 2.05) is 14.0 Å². The SMILES string of the molecule is CCNc1cc(N2CCCCC2CNC)nc(C)n1. The van der Waals surface area contributed by atoms with Gasteiger partial charge in [0.15, 0.2) is 0 Å². The van der Waals surface area contributed by atoms with Gasteiger partial charge in [-0.05, 0) is 40.2 Å². The highest BCUT2D eigenvalue weighted by Crippen LogP contribution is 2.24. The van der Waals surface area contributed by atoms with Gasteiger partial charge in [0.05, 0.1) is 0 Å². The van der Waals surface area contributed by atoms with Gasteiger partial charge in [-0.1, -0.05) is 0 Å². The number of piperidine rings is 1. The highest BCUT2D eigenvalue weighted by atomic mass is 15.2. The van der Waals surface area contributed by atoms with Crippen molar-refractivity contribution in [1.82, 2.24) is 15.3 Å². The third-order valence-electron chi connectivity index (χ3n) is 3.54. The summed E-state index contributed by atoms with van der Waals surface area (Å²) in [6.45, 7) is 7.03. The number of nitrogens with zero attached hydrogens (tertiary/aromatic N) is 3. The molecule has 1 atom stereocenters. The number of rotatable bonds is 5. The first kappa shape index (κ1) is 14.1. The Labute approximate surface area is 115 Å². The van der Waals surface area contributed by atoms with E-state index in [9.17, 15) is 0 Å². The van der Waals surface area contributed by atoms with Crippen molar-refractivity contribution < 1.29 is 0 Å². The molecule has 2 heterocycles. The van der Waals surface area contributed by atoms with Gasteiger partial charge in [0.2, 0.25) is 0 Å². The van der Waals surface area contributed by atoms with Crippen molar-refractivity contribution in [2.45, 2.75) is 39.2 Å². The summed E-state index contributed by atoms with van der Waals surface area (Å²) in [7, 11) is 2.02. The van der Waals surface area contributed by atoms with E-state index in [2.05, 4.69) is 38.5 Å². The molecule has 106 valence electrons. The molecule has 0 aliphatic carbocycles. The fourth-order valence-electron chi connectivity index (χ4n) is 2.72. The Hall–Kier alpha value is -1.36. The highest BCUT2D eigenvalue weighted by Gasteiger charge is 2.23. The third kappa shape index (κ3) is 3.56. The molecule has 5 nitrogen and oxygen atoms in total. The standard InChI is InChI=1S/C14H25N5/c1-4-16-13-9-14(18-11(2)17-13)19-8-6-5-7-12(19)10-15-3/h9,12,15H,4-8,10H2,1-3H3,(H,16,17,18). The maximum absolute atomic E-state index is 4.62. The summed E-state index contributed by atoms with van der Waals surface area (Å²) in [5.74, 6) is 2.82. The zero-order valence-electron chi connectivity index (χ0n) is 12.2. The van der Waals surface area contributed by atoms with Crippen LogP contribution in [0.1, 0.15) is 32.0 Å². The molecule has 2 rings (SSSR count). The summed E-state index contributed by atoms with van der Waals surface area (Å²) < 4.78 is 0. The first-order valence-electron chi connectivity index (χ1n) is 7.25. The topological polar surface area (TPSA) is 53.1 Å². The van der Waals surface area contributed by atoms with Crippen LogP contribution in [0.4, 0.5) is 11.6 Å². The van der Waals surface area contributed by atoms with Crippen LogP contribution in [0.5, 0.6) is 0 Å². The Morgan fingerprint density at radius 2 is 2.21 bits per heavy atom. The molecule has 1 aliphatic heterocycles. The predicted molar refractivity (Wildman–Crippen MR) is 79.8 cm³/mol. The minimum absolute atomic E-state index is 0.544. The van der Waals surface area contributed by atoms with Crippen LogP contribution >= 0.6 is 0 Å². The van der Waals surface area contributed by atoms with Crippen molar-refractivity contribution in [2.24, 2.45) is 0 Å². The average Bonchev–Trinajstić information content (AvgIpc) is 2.39. The van der Waals surface area contributed by atoms with Crippen molar-refractivity contribution in [3.05, 3.63) is 11.9 Å². The lowest BCUT2D eigenvalue weighted by molar-refractivity contribution is 0.443. The molecule has 1 unspecified atom stereocenters. The zero-order chi connectivity index (χ0) is 13.7. The van der Waals surface area contributed by atoms with Gasteiger partial charge in [0.1, 0.15) is 17.5 Å². The molecule has 1 saturated heterocycles. The Kier molecular flexibility index (Phi) is 4.96. The summed E-state index contributed by atoms with van der Waals surface area (Å²) in [6.07, 6.45) is 3.80. The Morgan fingerprint density at radius 1 is 1.37 bits per heavy atom. The Bertz CT molecular complexity index is 405. The van der Waals surface area contributed by atoms with Gasteiger partial charge in [-0.3, -0.25) is 0 Å². The lowest BCUT2D eigenvalue weighted by Gasteiger charge is -2.36. The molecule has 19 heavy (non-hydrogen) atoms. The highest BCUT2D eigenvalue weighted by molar-refractivity contribution is 5.50. The molecule has 1 fully saturated rings.